The van der Waals surface area contributed by atoms with Gasteiger partial charge >= 0.3 is 0 Å². The zero-order valence-corrected chi connectivity index (χ0v) is 19.8. The highest BCUT2D eigenvalue weighted by molar-refractivity contribution is 9.11. The van der Waals surface area contributed by atoms with Crippen molar-refractivity contribution in [3.05, 3.63) is 85.8 Å². The van der Waals surface area contributed by atoms with E-state index in [1.165, 1.54) is 0 Å². The zero-order valence-electron chi connectivity index (χ0n) is 15.8. The maximum Gasteiger partial charge on any atom is 0.262 e. The van der Waals surface area contributed by atoms with Gasteiger partial charge in [-0.25, -0.2) is 0 Å². The fourth-order valence-electron chi connectivity index (χ4n) is 2.68. The Balaban J connectivity index is 1.55. The van der Waals surface area contributed by atoms with E-state index in [9.17, 15) is 9.59 Å². The molecule has 154 valence electrons. The summed E-state index contributed by atoms with van der Waals surface area (Å²) in [4.78, 5) is 24.5. The Kier molecular flexibility index (Phi) is 7.53. The summed E-state index contributed by atoms with van der Waals surface area (Å²) in [5.74, 6) is 0.0606. The first-order valence-corrected chi connectivity index (χ1v) is 10.8. The minimum Gasteiger partial charge on any atom is -0.482 e. The third-order valence-corrected chi connectivity index (χ3v) is 5.34. The van der Waals surface area contributed by atoms with E-state index in [-0.39, 0.29) is 18.4 Å². The fraction of sp³-hybridized carbons (Fsp3) is 0.0909. The molecule has 3 aromatic carbocycles. The van der Waals surface area contributed by atoms with Gasteiger partial charge < -0.3 is 15.4 Å². The van der Waals surface area contributed by atoms with Gasteiger partial charge in [0.1, 0.15) is 5.75 Å². The lowest BCUT2D eigenvalue weighted by Gasteiger charge is -2.12. The van der Waals surface area contributed by atoms with E-state index in [0.717, 1.165) is 14.5 Å². The SMILES string of the molecule is Cc1cc(Br)cc(Br)c1OCC(=O)Nc1ccc(NC(=O)c2cccc(Cl)c2)cc1. The number of anilines is 2. The van der Waals surface area contributed by atoms with Crippen LogP contribution in [-0.4, -0.2) is 18.4 Å². The molecule has 0 fully saturated rings. The lowest BCUT2D eigenvalue weighted by Crippen LogP contribution is -2.20. The van der Waals surface area contributed by atoms with Crippen LogP contribution in [0.5, 0.6) is 5.75 Å². The van der Waals surface area contributed by atoms with Crippen LogP contribution >= 0.6 is 43.5 Å². The standard InChI is InChI=1S/C22H17Br2ClN2O3/c1-13-9-15(23)11-19(24)21(13)30-12-20(28)26-17-5-7-18(8-6-17)27-22(29)14-3-2-4-16(25)10-14/h2-11H,12H2,1H3,(H,26,28)(H,27,29). The van der Waals surface area contributed by atoms with Crippen molar-refractivity contribution in [3.63, 3.8) is 0 Å². The molecule has 0 aliphatic rings. The van der Waals surface area contributed by atoms with Crippen LogP contribution in [0.4, 0.5) is 11.4 Å². The van der Waals surface area contributed by atoms with Crippen molar-refractivity contribution in [2.45, 2.75) is 6.92 Å². The van der Waals surface area contributed by atoms with E-state index in [0.29, 0.717) is 27.7 Å². The topological polar surface area (TPSA) is 67.4 Å². The van der Waals surface area contributed by atoms with Crippen LogP contribution in [0.2, 0.25) is 5.02 Å². The van der Waals surface area contributed by atoms with Gasteiger partial charge in [-0.05, 0) is 83.0 Å². The minimum absolute atomic E-state index is 0.131. The second kappa shape index (κ2) is 10.1. The van der Waals surface area contributed by atoms with Crippen molar-refractivity contribution in [1.82, 2.24) is 0 Å². The van der Waals surface area contributed by atoms with Crippen LogP contribution in [0.1, 0.15) is 15.9 Å². The molecule has 0 atom stereocenters. The van der Waals surface area contributed by atoms with Gasteiger partial charge in [-0.15, -0.1) is 0 Å². The lowest BCUT2D eigenvalue weighted by molar-refractivity contribution is -0.118. The predicted octanol–water partition coefficient (Wildman–Crippen LogP) is 6.44. The molecule has 0 bridgehead atoms. The van der Waals surface area contributed by atoms with Gasteiger partial charge in [0, 0.05) is 26.4 Å². The highest BCUT2D eigenvalue weighted by Gasteiger charge is 2.11. The Morgan fingerprint density at radius 3 is 2.27 bits per heavy atom. The Bertz CT molecular complexity index is 1060. The number of hydrogen-bond donors (Lipinski definition) is 2. The predicted molar refractivity (Wildman–Crippen MR) is 127 cm³/mol. The monoisotopic (exact) mass is 550 g/mol. The second-order valence-corrected chi connectivity index (χ2v) is 8.62. The highest BCUT2D eigenvalue weighted by atomic mass is 79.9. The summed E-state index contributed by atoms with van der Waals surface area (Å²) < 4.78 is 7.33. The number of nitrogens with one attached hydrogen (secondary N) is 2. The number of rotatable bonds is 6. The van der Waals surface area contributed by atoms with Crippen molar-refractivity contribution in [2.24, 2.45) is 0 Å². The molecule has 2 amide bonds. The Morgan fingerprint density at radius 1 is 0.967 bits per heavy atom. The molecule has 8 heteroatoms. The number of ether oxygens (including phenoxy) is 1. The van der Waals surface area contributed by atoms with E-state index in [1.54, 1.807) is 48.5 Å². The molecule has 0 aliphatic carbocycles. The number of carbonyl (C=O) groups is 2. The van der Waals surface area contributed by atoms with Crippen molar-refractivity contribution in [3.8, 4) is 5.75 Å². The summed E-state index contributed by atoms with van der Waals surface area (Å²) >= 11 is 12.8. The first-order chi connectivity index (χ1) is 14.3. The van der Waals surface area contributed by atoms with Gasteiger partial charge in [0.25, 0.3) is 11.8 Å². The molecule has 0 aromatic heterocycles. The van der Waals surface area contributed by atoms with Gasteiger partial charge in [-0.1, -0.05) is 33.6 Å². The molecule has 3 rings (SSSR count). The number of carbonyl (C=O) groups excluding carboxylic acids is 2. The normalized spacial score (nSPS) is 10.4. The largest absolute Gasteiger partial charge is 0.482 e. The smallest absolute Gasteiger partial charge is 0.262 e. The molecule has 0 heterocycles. The summed E-state index contributed by atoms with van der Waals surface area (Å²) in [7, 11) is 0. The van der Waals surface area contributed by atoms with E-state index < -0.39 is 0 Å². The van der Waals surface area contributed by atoms with Crippen LogP contribution in [0.3, 0.4) is 0 Å². The summed E-state index contributed by atoms with van der Waals surface area (Å²) in [5, 5.41) is 6.04. The number of halogens is 3. The molecule has 0 spiro atoms. The molecule has 0 aliphatic heterocycles. The van der Waals surface area contributed by atoms with Crippen molar-refractivity contribution in [2.75, 3.05) is 17.2 Å². The van der Waals surface area contributed by atoms with Crippen molar-refractivity contribution >= 4 is 66.6 Å². The molecular formula is C22H17Br2ClN2O3. The molecule has 2 N–H and O–H groups in total. The summed E-state index contributed by atoms with van der Waals surface area (Å²) in [6.07, 6.45) is 0. The van der Waals surface area contributed by atoms with Crippen LogP contribution in [0.15, 0.2) is 69.6 Å². The average molecular weight is 553 g/mol. The second-order valence-electron chi connectivity index (χ2n) is 6.41. The zero-order chi connectivity index (χ0) is 21.7. The van der Waals surface area contributed by atoms with E-state index in [4.69, 9.17) is 16.3 Å². The average Bonchev–Trinajstić information content (AvgIpc) is 2.68. The Labute approximate surface area is 196 Å². The number of amides is 2. The number of aryl methyl sites for hydroxylation is 1. The maximum atomic E-state index is 12.3. The fourth-order valence-corrected chi connectivity index (χ4v) is 4.42. The summed E-state index contributed by atoms with van der Waals surface area (Å²) in [5.41, 5.74) is 2.56. The van der Waals surface area contributed by atoms with Gasteiger partial charge in [-0.3, -0.25) is 9.59 Å². The summed E-state index contributed by atoms with van der Waals surface area (Å²) in [6.45, 7) is 1.77. The maximum absolute atomic E-state index is 12.3. The molecule has 0 saturated carbocycles. The third-order valence-electron chi connectivity index (χ3n) is 4.06. The summed E-state index contributed by atoms with van der Waals surface area (Å²) in [6, 6.07) is 17.3. The van der Waals surface area contributed by atoms with Gasteiger partial charge in [0.15, 0.2) is 6.61 Å². The molecule has 0 radical (unpaired) electrons. The van der Waals surface area contributed by atoms with Gasteiger partial charge in [0.05, 0.1) is 4.47 Å². The molecule has 0 saturated heterocycles. The molecular weight excluding hydrogens is 536 g/mol. The van der Waals surface area contributed by atoms with Gasteiger partial charge in [-0.2, -0.15) is 0 Å². The van der Waals surface area contributed by atoms with Crippen LogP contribution in [0, 0.1) is 6.92 Å². The van der Waals surface area contributed by atoms with Crippen LogP contribution in [-0.2, 0) is 4.79 Å². The van der Waals surface area contributed by atoms with Crippen LogP contribution < -0.4 is 15.4 Å². The van der Waals surface area contributed by atoms with E-state index >= 15 is 0 Å². The molecule has 3 aromatic rings. The Morgan fingerprint density at radius 2 is 1.63 bits per heavy atom. The third kappa shape index (κ3) is 6.08. The van der Waals surface area contributed by atoms with Crippen LogP contribution in [0.25, 0.3) is 0 Å². The minimum atomic E-state index is -0.292. The van der Waals surface area contributed by atoms with E-state index in [2.05, 4.69) is 42.5 Å². The van der Waals surface area contributed by atoms with E-state index in [1.807, 2.05) is 19.1 Å². The molecule has 0 unspecified atom stereocenters. The van der Waals surface area contributed by atoms with Gasteiger partial charge in [0.2, 0.25) is 0 Å². The van der Waals surface area contributed by atoms with Crippen molar-refractivity contribution < 1.29 is 14.3 Å². The highest BCUT2D eigenvalue weighted by Crippen LogP contribution is 2.32. The number of benzene rings is 3. The van der Waals surface area contributed by atoms with Crippen molar-refractivity contribution in [1.29, 1.82) is 0 Å². The molecule has 30 heavy (non-hydrogen) atoms. The first kappa shape index (κ1) is 22.3. The first-order valence-electron chi connectivity index (χ1n) is 8.87. The quantitative estimate of drug-likeness (QED) is 0.370. The lowest BCUT2D eigenvalue weighted by atomic mass is 10.2. The Hall–Kier alpha value is -2.35. The number of hydrogen-bond acceptors (Lipinski definition) is 3. The molecule has 5 nitrogen and oxygen atoms in total.